The van der Waals surface area contributed by atoms with Gasteiger partial charge in [0, 0.05) is 29.1 Å². The molecule has 2 atom stereocenters. The molecule has 1 amide bonds. The van der Waals surface area contributed by atoms with Gasteiger partial charge in [-0.15, -0.1) is 0 Å². The summed E-state index contributed by atoms with van der Waals surface area (Å²) in [6.07, 6.45) is 2.26. The molecule has 1 fully saturated rings. The molecule has 0 aliphatic heterocycles. The molecule has 2 aromatic rings. The summed E-state index contributed by atoms with van der Waals surface area (Å²) in [4.78, 5) is 13.8. The van der Waals surface area contributed by atoms with E-state index in [9.17, 15) is 9.18 Å². The Morgan fingerprint density at radius 3 is 2.62 bits per heavy atom. The molecule has 1 aliphatic carbocycles. The number of anilines is 1. The summed E-state index contributed by atoms with van der Waals surface area (Å²) in [5.41, 5.74) is 1.75. The van der Waals surface area contributed by atoms with Crippen LogP contribution in [0.4, 0.5) is 10.1 Å². The van der Waals surface area contributed by atoms with E-state index in [1.165, 1.54) is 17.0 Å². The lowest BCUT2D eigenvalue weighted by atomic mass is 10.1. The maximum atomic E-state index is 13.1. The highest BCUT2D eigenvalue weighted by Crippen LogP contribution is 2.18. The Kier molecular flexibility index (Phi) is 5.17. The Labute approximate surface area is 146 Å². The summed E-state index contributed by atoms with van der Waals surface area (Å²) in [6, 6.07) is 14.0. The van der Waals surface area contributed by atoms with Crippen molar-refractivity contribution < 1.29 is 14.1 Å². The lowest BCUT2D eigenvalue weighted by Gasteiger charge is -2.25. The molecule has 0 radical (unpaired) electrons. The van der Waals surface area contributed by atoms with Crippen molar-refractivity contribution >= 4 is 23.2 Å². The Hall–Kier alpha value is -1.91. The van der Waals surface area contributed by atoms with Gasteiger partial charge in [-0.05, 0) is 37.3 Å². The van der Waals surface area contributed by atoms with Crippen LogP contribution in [0.5, 0.6) is 0 Å². The number of nitrogens with one attached hydrogen (secondary N) is 2. The van der Waals surface area contributed by atoms with E-state index in [1.54, 1.807) is 24.3 Å². The first-order valence-corrected chi connectivity index (χ1v) is 8.57. The minimum Gasteiger partial charge on any atom is -0.321 e. The second-order valence-electron chi connectivity index (χ2n) is 6.37. The zero-order valence-electron chi connectivity index (χ0n) is 13.6. The Bertz CT molecular complexity index is 716. The van der Waals surface area contributed by atoms with Gasteiger partial charge in [0.1, 0.15) is 12.4 Å². The van der Waals surface area contributed by atoms with Gasteiger partial charge in [0.25, 0.3) is 5.91 Å². The van der Waals surface area contributed by atoms with E-state index in [-0.39, 0.29) is 17.8 Å². The fourth-order valence-corrected chi connectivity index (χ4v) is 3.12. The van der Waals surface area contributed by atoms with Crippen LogP contribution in [0.3, 0.4) is 0 Å². The lowest BCUT2D eigenvalue weighted by Crippen LogP contribution is -3.16. The molecular weight excluding hydrogens is 327 g/mol. The Morgan fingerprint density at radius 1 is 1.29 bits per heavy atom. The van der Waals surface area contributed by atoms with Crippen LogP contribution in [0.2, 0.25) is 5.02 Å². The van der Waals surface area contributed by atoms with Gasteiger partial charge in [-0.25, -0.2) is 4.39 Å². The van der Waals surface area contributed by atoms with Crippen molar-refractivity contribution in [3.8, 4) is 0 Å². The molecule has 0 heterocycles. The molecule has 1 unspecified atom stereocenters. The van der Waals surface area contributed by atoms with E-state index in [0.29, 0.717) is 16.8 Å². The second-order valence-corrected chi connectivity index (χ2v) is 6.81. The van der Waals surface area contributed by atoms with Crippen LogP contribution < -0.4 is 10.2 Å². The molecule has 24 heavy (non-hydrogen) atoms. The molecule has 2 N–H and O–H groups in total. The number of hydrogen-bond donors (Lipinski definition) is 2. The van der Waals surface area contributed by atoms with Crippen molar-refractivity contribution in [1.82, 2.24) is 0 Å². The molecule has 1 aliphatic rings. The number of benzene rings is 2. The number of carbonyl (C=O) groups is 1. The SMILES string of the molecule is C[C@@H](C(=O)Nc1cccc(Cl)c1)[NH+](Cc1ccc(F)cc1)C1CC1. The first-order chi connectivity index (χ1) is 11.5. The van der Waals surface area contributed by atoms with Crippen molar-refractivity contribution in [3.63, 3.8) is 0 Å². The monoisotopic (exact) mass is 347 g/mol. The largest absolute Gasteiger partial charge is 0.321 e. The fraction of sp³-hybridized carbons (Fsp3) is 0.316. The van der Waals surface area contributed by atoms with Gasteiger partial charge in [-0.3, -0.25) is 4.79 Å². The average molecular weight is 348 g/mol. The fourth-order valence-electron chi connectivity index (χ4n) is 2.93. The first-order valence-electron chi connectivity index (χ1n) is 8.19. The highest BCUT2D eigenvalue weighted by atomic mass is 35.5. The maximum absolute atomic E-state index is 13.1. The highest BCUT2D eigenvalue weighted by Gasteiger charge is 2.39. The minimum absolute atomic E-state index is 0.0266. The molecule has 2 aromatic carbocycles. The van der Waals surface area contributed by atoms with E-state index in [1.807, 2.05) is 19.1 Å². The zero-order chi connectivity index (χ0) is 17.1. The van der Waals surface area contributed by atoms with Crippen LogP contribution in [0.1, 0.15) is 25.3 Å². The van der Waals surface area contributed by atoms with E-state index in [4.69, 9.17) is 11.6 Å². The third kappa shape index (κ3) is 4.34. The molecule has 0 saturated heterocycles. The highest BCUT2D eigenvalue weighted by molar-refractivity contribution is 6.30. The third-order valence-electron chi connectivity index (χ3n) is 4.46. The van der Waals surface area contributed by atoms with Gasteiger partial charge < -0.3 is 10.2 Å². The first kappa shape index (κ1) is 16.9. The molecule has 1 saturated carbocycles. The summed E-state index contributed by atoms with van der Waals surface area (Å²) >= 11 is 5.96. The molecule has 126 valence electrons. The molecule has 5 heteroatoms. The van der Waals surface area contributed by atoms with Crippen LogP contribution in [0.15, 0.2) is 48.5 Å². The van der Waals surface area contributed by atoms with Crippen LogP contribution >= 0.6 is 11.6 Å². The summed E-state index contributed by atoms with van der Waals surface area (Å²) in [7, 11) is 0. The summed E-state index contributed by atoms with van der Waals surface area (Å²) in [6.45, 7) is 2.66. The second kappa shape index (κ2) is 7.32. The van der Waals surface area contributed by atoms with Crippen molar-refractivity contribution in [3.05, 3.63) is 64.9 Å². The minimum atomic E-state index is -0.238. The molecular formula is C19H21ClFN2O+. The van der Waals surface area contributed by atoms with Gasteiger partial charge in [-0.2, -0.15) is 0 Å². The smallest absolute Gasteiger partial charge is 0.282 e. The van der Waals surface area contributed by atoms with Gasteiger partial charge in [0.15, 0.2) is 6.04 Å². The summed E-state index contributed by atoms with van der Waals surface area (Å²) < 4.78 is 13.1. The number of carbonyl (C=O) groups excluding carboxylic acids is 1. The van der Waals surface area contributed by atoms with Gasteiger partial charge in [-0.1, -0.05) is 29.8 Å². The van der Waals surface area contributed by atoms with E-state index in [2.05, 4.69) is 5.32 Å². The van der Waals surface area contributed by atoms with E-state index < -0.39 is 0 Å². The van der Waals surface area contributed by atoms with Crippen LogP contribution in [0, 0.1) is 5.82 Å². The van der Waals surface area contributed by atoms with Gasteiger partial charge in [0.05, 0.1) is 6.04 Å². The van der Waals surface area contributed by atoms with Crippen LogP contribution in [-0.4, -0.2) is 18.0 Å². The summed E-state index contributed by atoms with van der Waals surface area (Å²) in [5.74, 6) is -0.264. The standard InChI is InChI=1S/C19H20ClFN2O/c1-13(19(24)22-17-4-2-3-15(20)11-17)23(18-9-10-18)12-14-5-7-16(21)8-6-14/h2-8,11,13,18H,9-10,12H2,1H3,(H,22,24)/p+1/t13-/m0/s1. The zero-order valence-corrected chi connectivity index (χ0v) is 14.3. The Balaban J connectivity index is 1.68. The molecule has 0 aromatic heterocycles. The summed E-state index contributed by atoms with van der Waals surface area (Å²) in [5, 5.41) is 3.53. The van der Waals surface area contributed by atoms with Crippen molar-refractivity contribution in [2.45, 2.75) is 38.4 Å². The van der Waals surface area contributed by atoms with Crippen molar-refractivity contribution in [2.75, 3.05) is 5.32 Å². The average Bonchev–Trinajstić information content (AvgIpc) is 3.38. The number of hydrogen-bond acceptors (Lipinski definition) is 1. The number of amides is 1. The predicted molar refractivity (Wildman–Crippen MR) is 93.6 cm³/mol. The van der Waals surface area contributed by atoms with Gasteiger partial charge >= 0.3 is 0 Å². The van der Waals surface area contributed by atoms with Crippen molar-refractivity contribution in [1.29, 1.82) is 0 Å². The van der Waals surface area contributed by atoms with Crippen molar-refractivity contribution in [2.24, 2.45) is 0 Å². The molecule has 0 spiro atoms. The normalized spacial score (nSPS) is 16.5. The maximum Gasteiger partial charge on any atom is 0.282 e. The number of rotatable bonds is 6. The number of halogens is 2. The quantitative estimate of drug-likeness (QED) is 0.827. The van der Waals surface area contributed by atoms with E-state index in [0.717, 1.165) is 24.9 Å². The van der Waals surface area contributed by atoms with E-state index >= 15 is 0 Å². The van der Waals surface area contributed by atoms with Crippen LogP contribution in [-0.2, 0) is 11.3 Å². The van der Waals surface area contributed by atoms with Crippen LogP contribution in [0.25, 0.3) is 0 Å². The van der Waals surface area contributed by atoms with Gasteiger partial charge in [0.2, 0.25) is 0 Å². The third-order valence-corrected chi connectivity index (χ3v) is 4.70. The molecule has 3 nitrogen and oxygen atoms in total. The molecule has 0 bridgehead atoms. The molecule has 3 rings (SSSR count). The lowest BCUT2D eigenvalue weighted by molar-refractivity contribution is -0.938. The number of quaternary nitrogens is 1. The predicted octanol–water partition coefficient (Wildman–Crippen LogP) is 3.05. The topological polar surface area (TPSA) is 33.5 Å². The Morgan fingerprint density at radius 2 is 2.00 bits per heavy atom.